The van der Waals surface area contributed by atoms with Gasteiger partial charge in [-0.2, -0.15) is 0 Å². The molecule has 23 heavy (non-hydrogen) atoms. The van der Waals surface area contributed by atoms with Crippen molar-refractivity contribution in [2.45, 2.75) is 13.8 Å². The molecule has 0 N–H and O–H groups in total. The average molecular weight is 298 g/mol. The van der Waals surface area contributed by atoms with Crippen LogP contribution in [-0.2, 0) is 0 Å². The van der Waals surface area contributed by atoms with E-state index >= 15 is 0 Å². The van der Waals surface area contributed by atoms with Crippen LogP contribution < -0.4 is 0 Å². The number of aryl methyl sites for hydroxylation is 2. The Bertz CT molecular complexity index is 961. The van der Waals surface area contributed by atoms with Crippen LogP contribution in [0, 0.1) is 13.8 Å². The van der Waals surface area contributed by atoms with E-state index in [1.54, 1.807) is 0 Å². The van der Waals surface area contributed by atoms with Crippen molar-refractivity contribution < 1.29 is 0 Å². The predicted molar refractivity (Wildman–Crippen MR) is 96.0 cm³/mol. The van der Waals surface area contributed by atoms with Crippen molar-refractivity contribution in [3.63, 3.8) is 0 Å². The molecule has 1 aromatic heterocycles. The smallest absolute Gasteiger partial charge is 0.145 e. The van der Waals surface area contributed by atoms with Crippen molar-refractivity contribution in [2.24, 2.45) is 0 Å². The fourth-order valence-corrected chi connectivity index (χ4v) is 3.16. The minimum Gasteiger partial charge on any atom is -0.292 e. The first kappa shape index (κ1) is 13.8. The van der Waals surface area contributed by atoms with Crippen LogP contribution in [0.5, 0.6) is 0 Å². The zero-order chi connectivity index (χ0) is 15.8. The fourth-order valence-electron chi connectivity index (χ4n) is 3.16. The maximum absolute atomic E-state index is 4.90. The van der Waals surface area contributed by atoms with Crippen molar-refractivity contribution in [2.75, 3.05) is 0 Å². The molecule has 0 atom stereocenters. The Morgan fingerprint density at radius 1 is 0.739 bits per heavy atom. The molecule has 4 aromatic rings. The summed E-state index contributed by atoms with van der Waals surface area (Å²) in [4.78, 5) is 4.90. The minimum absolute atomic E-state index is 0.990. The molecule has 2 heteroatoms. The Hall–Kier alpha value is -2.87. The number of benzene rings is 3. The Kier molecular flexibility index (Phi) is 3.23. The lowest BCUT2D eigenvalue weighted by Gasteiger charge is -2.10. The highest BCUT2D eigenvalue weighted by atomic mass is 15.1. The first-order valence-electron chi connectivity index (χ1n) is 7.84. The number of nitrogens with zero attached hydrogens (tertiary/aromatic N) is 2. The van der Waals surface area contributed by atoms with Crippen molar-refractivity contribution >= 4 is 11.0 Å². The van der Waals surface area contributed by atoms with Crippen molar-refractivity contribution in [1.29, 1.82) is 0 Å². The summed E-state index contributed by atoms with van der Waals surface area (Å²) in [6.45, 7) is 4.26. The second-order valence-corrected chi connectivity index (χ2v) is 5.97. The fraction of sp³-hybridized carbons (Fsp3) is 0.0952. The van der Waals surface area contributed by atoms with Gasteiger partial charge in [0.05, 0.1) is 11.0 Å². The molecule has 0 aliphatic carbocycles. The van der Waals surface area contributed by atoms with E-state index in [-0.39, 0.29) is 0 Å². The Morgan fingerprint density at radius 3 is 2.13 bits per heavy atom. The predicted octanol–water partition coefficient (Wildman–Crippen LogP) is 5.31. The Balaban J connectivity index is 2.07. The van der Waals surface area contributed by atoms with Gasteiger partial charge in [0, 0.05) is 11.3 Å². The zero-order valence-corrected chi connectivity index (χ0v) is 13.3. The molecule has 0 saturated carbocycles. The van der Waals surface area contributed by atoms with E-state index in [1.165, 1.54) is 11.1 Å². The van der Waals surface area contributed by atoms with E-state index in [2.05, 4.69) is 79.1 Å². The quantitative estimate of drug-likeness (QED) is 0.490. The SMILES string of the molecule is Cc1cc(C)cc(-c2nc3ccccc3n2-c2ccccc2)c1. The number of fused-ring (bicyclic) bond motifs is 1. The van der Waals surface area contributed by atoms with E-state index in [1.807, 2.05) is 12.1 Å². The minimum atomic E-state index is 0.990. The van der Waals surface area contributed by atoms with Crippen LogP contribution in [0.25, 0.3) is 28.1 Å². The standard InChI is InChI=1S/C21H18N2/c1-15-12-16(2)14-17(13-15)21-22-19-10-6-7-11-20(19)23(21)18-8-4-3-5-9-18/h3-14H,1-2H3. The molecule has 0 bridgehead atoms. The molecular formula is C21H18N2. The van der Waals surface area contributed by atoms with Gasteiger partial charge in [0.1, 0.15) is 5.82 Å². The van der Waals surface area contributed by atoms with E-state index < -0.39 is 0 Å². The molecule has 1 heterocycles. The summed E-state index contributed by atoms with van der Waals surface area (Å²) in [7, 11) is 0. The molecule has 3 aromatic carbocycles. The van der Waals surface area contributed by atoms with Gasteiger partial charge in [-0.25, -0.2) is 4.98 Å². The van der Waals surface area contributed by atoms with E-state index in [9.17, 15) is 0 Å². The van der Waals surface area contributed by atoms with Gasteiger partial charge in [-0.05, 0) is 50.2 Å². The molecule has 0 saturated heterocycles. The van der Waals surface area contributed by atoms with E-state index in [0.29, 0.717) is 0 Å². The van der Waals surface area contributed by atoms with Gasteiger partial charge in [-0.1, -0.05) is 47.5 Å². The van der Waals surface area contributed by atoms with Gasteiger partial charge in [-0.15, -0.1) is 0 Å². The molecule has 0 fully saturated rings. The molecule has 112 valence electrons. The van der Waals surface area contributed by atoms with Crippen LogP contribution in [0.3, 0.4) is 0 Å². The summed E-state index contributed by atoms with van der Waals surface area (Å²) in [6.07, 6.45) is 0. The van der Waals surface area contributed by atoms with Crippen LogP contribution in [-0.4, -0.2) is 9.55 Å². The highest BCUT2D eigenvalue weighted by molar-refractivity contribution is 5.83. The lowest BCUT2D eigenvalue weighted by atomic mass is 10.1. The lowest BCUT2D eigenvalue weighted by molar-refractivity contribution is 1.10. The summed E-state index contributed by atoms with van der Waals surface area (Å²) in [5.41, 5.74) is 6.95. The number of rotatable bonds is 2. The molecule has 4 rings (SSSR count). The topological polar surface area (TPSA) is 17.8 Å². The Labute approximate surface area is 136 Å². The summed E-state index contributed by atoms with van der Waals surface area (Å²) >= 11 is 0. The first-order valence-corrected chi connectivity index (χ1v) is 7.84. The van der Waals surface area contributed by atoms with Gasteiger partial charge in [0.15, 0.2) is 0 Å². The summed E-state index contributed by atoms with van der Waals surface area (Å²) in [5.74, 6) is 0.990. The first-order chi connectivity index (χ1) is 11.2. The number of hydrogen-bond acceptors (Lipinski definition) is 1. The van der Waals surface area contributed by atoms with E-state index in [4.69, 9.17) is 4.98 Å². The van der Waals surface area contributed by atoms with Gasteiger partial charge >= 0.3 is 0 Å². The van der Waals surface area contributed by atoms with Crippen LogP contribution in [0.4, 0.5) is 0 Å². The van der Waals surface area contributed by atoms with Gasteiger partial charge in [0.25, 0.3) is 0 Å². The van der Waals surface area contributed by atoms with Gasteiger partial charge < -0.3 is 0 Å². The maximum atomic E-state index is 4.90. The summed E-state index contributed by atoms with van der Waals surface area (Å²) in [6, 6.07) is 25.3. The van der Waals surface area contributed by atoms with Crippen LogP contribution >= 0.6 is 0 Å². The maximum Gasteiger partial charge on any atom is 0.145 e. The largest absolute Gasteiger partial charge is 0.292 e. The third kappa shape index (κ3) is 2.42. The number of hydrogen-bond donors (Lipinski definition) is 0. The highest BCUT2D eigenvalue weighted by Gasteiger charge is 2.14. The second kappa shape index (κ2) is 5.40. The molecule has 0 aliphatic rings. The molecular weight excluding hydrogens is 280 g/mol. The summed E-state index contributed by atoms with van der Waals surface area (Å²) in [5, 5.41) is 0. The third-order valence-electron chi connectivity index (χ3n) is 4.06. The van der Waals surface area contributed by atoms with Crippen LogP contribution in [0.2, 0.25) is 0 Å². The molecule has 0 radical (unpaired) electrons. The monoisotopic (exact) mass is 298 g/mol. The Morgan fingerprint density at radius 2 is 1.39 bits per heavy atom. The number of para-hydroxylation sites is 3. The molecule has 2 nitrogen and oxygen atoms in total. The highest BCUT2D eigenvalue weighted by Crippen LogP contribution is 2.29. The molecule has 0 spiro atoms. The van der Waals surface area contributed by atoms with Crippen LogP contribution in [0.1, 0.15) is 11.1 Å². The van der Waals surface area contributed by atoms with Crippen LogP contribution in [0.15, 0.2) is 72.8 Å². The third-order valence-corrected chi connectivity index (χ3v) is 4.06. The molecule has 0 unspecified atom stereocenters. The second-order valence-electron chi connectivity index (χ2n) is 5.97. The summed E-state index contributed by atoms with van der Waals surface area (Å²) < 4.78 is 2.24. The van der Waals surface area contributed by atoms with Gasteiger partial charge in [-0.3, -0.25) is 4.57 Å². The average Bonchev–Trinajstić information content (AvgIpc) is 2.94. The van der Waals surface area contributed by atoms with Crippen molar-refractivity contribution in [3.05, 3.63) is 83.9 Å². The number of aromatic nitrogens is 2. The van der Waals surface area contributed by atoms with Gasteiger partial charge in [0.2, 0.25) is 0 Å². The van der Waals surface area contributed by atoms with Crippen molar-refractivity contribution in [1.82, 2.24) is 9.55 Å². The lowest BCUT2D eigenvalue weighted by Crippen LogP contribution is -1.97. The van der Waals surface area contributed by atoms with E-state index in [0.717, 1.165) is 28.1 Å². The van der Waals surface area contributed by atoms with Crippen molar-refractivity contribution in [3.8, 4) is 17.1 Å². The number of imidazole rings is 1. The zero-order valence-electron chi connectivity index (χ0n) is 13.3. The normalized spacial score (nSPS) is 11.0. The molecule has 0 amide bonds. The molecule has 0 aliphatic heterocycles.